The number of anilines is 1. The van der Waals surface area contributed by atoms with Crippen LogP contribution in [0.2, 0.25) is 0 Å². The van der Waals surface area contributed by atoms with Crippen molar-refractivity contribution in [2.24, 2.45) is 0 Å². The SMILES string of the molecule is CN1CCCn2c1cc(-c1ccccc1)cc2=O. The van der Waals surface area contributed by atoms with Crippen molar-refractivity contribution in [2.75, 3.05) is 18.5 Å². The number of pyridine rings is 1. The normalized spacial score (nSPS) is 14.4. The van der Waals surface area contributed by atoms with Gasteiger partial charge in [-0.2, -0.15) is 0 Å². The molecule has 2 aromatic rings. The van der Waals surface area contributed by atoms with Gasteiger partial charge < -0.3 is 4.90 Å². The Balaban J connectivity index is 2.17. The summed E-state index contributed by atoms with van der Waals surface area (Å²) >= 11 is 0. The van der Waals surface area contributed by atoms with Crippen LogP contribution in [-0.4, -0.2) is 18.2 Å². The van der Waals surface area contributed by atoms with Crippen molar-refractivity contribution in [1.82, 2.24) is 4.57 Å². The average Bonchev–Trinajstić information content (AvgIpc) is 2.41. The summed E-state index contributed by atoms with van der Waals surface area (Å²) in [7, 11) is 2.04. The molecule has 0 unspecified atom stereocenters. The molecule has 1 aromatic heterocycles. The van der Waals surface area contributed by atoms with Gasteiger partial charge in [0.05, 0.1) is 0 Å². The van der Waals surface area contributed by atoms with Crippen LogP contribution in [0.15, 0.2) is 47.3 Å². The molecule has 0 bridgehead atoms. The van der Waals surface area contributed by atoms with Crippen molar-refractivity contribution >= 4 is 5.82 Å². The maximum atomic E-state index is 12.1. The molecule has 3 nitrogen and oxygen atoms in total. The minimum absolute atomic E-state index is 0.0953. The number of benzene rings is 1. The van der Waals surface area contributed by atoms with E-state index >= 15 is 0 Å². The Morgan fingerprint density at radius 3 is 2.56 bits per heavy atom. The Bertz CT molecular complexity index is 616. The smallest absolute Gasteiger partial charge is 0.252 e. The molecule has 0 saturated carbocycles. The molecule has 1 aliphatic rings. The number of rotatable bonds is 1. The van der Waals surface area contributed by atoms with Crippen LogP contribution in [0.3, 0.4) is 0 Å². The zero-order valence-corrected chi connectivity index (χ0v) is 10.5. The summed E-state index contributed by atoms with van der Waals surface area (Å²) in [5.41, 5.74) is 2.19. The molecule has 0 radical (unpaired) electrons. The van der Waals surface area contributed by atoms with E-state index in [2.05, 4.69) is 11.0 Å². The second-order valence-electron chi connectivity index (χ2n) is 4.73. The summed E-state index contributed by atoms with van der Waals surface area (Å²) in [6, 6.07) is 13.9. The zero-order chi connectivity index (χ0) is 12.5. The average molecular weight is 240 g/mol. The highest BCUT2D eigenvalue weighted by molar-refractivity contribution is 5.66. The Kier molecular flexibility index (Phi) is 2.67. The first-order valence-corrected chi connectivity index (χ1v) is 6.27. The van der Waals surface area contributed by atoms with Gasteiger partial charge in [0.15, 0.2) is 0 Å². The van der Waals surface area contributed by atoms with Crippen LogP contribution < -0.4 is 10.5 Å². The Morgan fingerprint density at radius 1 is 1.00 bits per heavy atom. The highest BCUT2D eigenvalue weighted by atomic mass is 16.1. The Morgan fingerprint density at radius 2 is 1.78 bits per heavy atom. The van der Waals surface area contributed by atoms with Gasteiger partial charge in [-0.25, -0.2) is 0 Å². The van der Waals surface area contributed by atoms with Gasteiger partial charge in [0.2, 0.25) is 0 Å². The lowest BCUT2D eigenvalue weighted by Crippen LogP contribution is -2.34. The maximum Gasteiger partial charge on any atom is 0.252 e. The number of hydrogen-bond acceptors (Lipinski definition) is 2. The van der Waals surface area contributed by atoms with Gasteiger partial charge in [-0.3, -0.25) is 9.36 Å². The summed E-state index contributed by atoms with van der Waals surface area (Å²) in [6.07, 6.45) is 1.04. The van der Waals surface area contributed by atoms with E-state index in [1.54, 1.807) is 6.07 Å². The van der Waals surface area contributed by atoms with Crippen molar-refractivity contribution < 1.29 is 0 Å². The summed E-state index contributed by atoms with van der Waals surface area (Å²) in [5.74, 6) is 1.02. The Hall–Kier alpha value is -2.03. The van der Waals surface area contributed by atoms with Gasteiger partial charge in [-0.15, -0.1) is 0 Å². The van der Waals surface area contributed by atoms with Gasteiger partial charge in [-0.05, 0) is 23.6 Å². The van der Waals surface area contributed by atoms with E-state index in [-0.39, 0.29) is 5.56 Å². The van der Waals surface area contributed by atoms with E-state index in [4.69, 9.17) is 0 Å². The molecule has 1 aliphatic heterocycles. The highest BCUT2D eigenvalue weighted by Crippen LogP contribution is 2.24. The minimum Gasteiger partial charge on any atom is -0.361 e. The molecule has 1 aromatic carbocycles. The fourth-order valence-electron chi connectivity index (χ4n) is 2.50. The summed E-state index contributed by atoms with van der Waals surface area (Å²) in [4.78, 5) is 14.3. The lowest BCUT2D eigenvalue weighted by Gasteiger charge is -2.29. The third-order valence-electron chi connectivity index (χ3n) is 3.48. The van der Waals surface area contributed by atoms with Crippen LogP contribution in [0.4, 0.5) is 5.82 Å². The number of aromatic nitrogens is 1. The first-order valence-electron chi connectivity index (χ1n) is 6.27. The molecule has 0 amide bonds. The van der Waals surface area contributed by atoms with E-state index in [0.29, 0.717) is 0 Å². The first kappa shape index (κ1) is 11.1. The lowest BCUT2D eigenvalue weighted by atomic mass is 10.1. The fraction of sp³-hybridized carbons (Fsp3) is 0.267. The Labute approximate surface area is 106 Å². The maximum absolute atomic E-state index is 12.1. The molecule has 3 heteroatoms. The fourth-order valence-corrected chi connectivity index (χ4v) is 2.50. The second-order valence-corrected chi connectivity index (χ2v) is 4.73. The molecule has 18 heavy (non-hydrogen) atoms. The van der Waals surface area contributed by atoms with Gasteiger partial charge in [-0.1, -0.05) is 30.3 Å². The van der Waals surface area contributed by atoms with Crippen molar-refractivity contribution in [1.29, 1.82) is 0 Å². The standard InChI is InChI=1S/C15H16N2O/c1-16-8-5-9-17-14(16)10-13(11-15(17)18)12-6-3-2-4-7-12/h2-4,6-7,10-11H,5,8-9H2,1H3. The highest BCUT2D eigenvalue weighted by Gasteiger charge is 2.15. The number of nitrogens with zero attached hydrogens (tertiary/aromatic N) is 2. The van der Waals surface area contributed by atoms with Crippen molar-refractivity contribution in [3.8, 4) is 11.1 Å². The molecule has 2 heterocycles. The van der Waals surface area contributed by atoms with E-state index in [9.17, 15) is 4.79 Å². The summed E-state index contributed by atoms with van der Waals surface area (Å²) in [5, 5.41) is 0. The largest absolute Gasteiger partial charge is 0.361 e. The van der Waals surface area contributed by atoms with E-state index in [1.165, 1.54) is 0 Å². The van der Waals surface area contributed by atoms with Crippen molar-refractivity contribution in [2.45, 2.75) is 13.0 Å². The van der Waals surface area contributed by atoms with E-state index in [1.807, 2.05) is 41.9 Å². The second kappa shape index (κ2) is 4.33. The molecule has 0 aliphatic carbocycles. The van der Waals surface area contributed by atoms with Gasteiger partial charge in [0, 0.05) is 26.2 Å². The molecule has 0 spiro atoms. The van der Waals surface area contributed by atoms with Crippen LogP contribution >= 0.6 is 0 Å². The predicted molar refractivity (Wildman–Crippen MR) is 74.0 cm³/mol. The van der Waals surface area contributed by atoms with Crippen LogP contribution in [0.5, 0.6) is 0 Å². The molecule has 0 atom stereocenters. The van der Waals surface area contributed by atoms with Gasteiger partial charge >= 0.3 is 0 Å². The molecule has 0 fully saturated rings. The molecule has 3 rings (SSSR count). The molecule has 0 N–H and O–H groups in total. The third kappa shape index (κ3) is 1.82. The quantitative estimate of drug-likeness (QED) is 0.764. The van der Waals surface area contributed by atoms with E-state index in [0.717, 1.165) is 36.5 Å². The topological polar surface area (TPSA) is 25.2 Å². The monoisotopic (exact) mass is 240 g/mol. The van der Waals surface area contributed by atoms with E-state index < -0.39 is 0 Å². The lowest BCUT2D eigenvalue weighted by molar-refractivity contribution is 0.566. The predicted octanol–water partition coefficient (Wildman–Crippen LogP) is 2.36. The van der Waals surface area contributed by atoms with Gasteiger partial charge in [0.25, 0.3) is 5.56 Å². The van der Waals surface area contributed by atoms with Crippen molar-refractivity contribution in [3.05, 3.63) is 52.8 Å². The number of hydrogen-bond donors (Lipinski definition) is 0. The van der Waals surface area contributed by atoms with Crippen LogP contribution in [0.25, 0.3) is 11.1 Å². The summed E-state index contributed by atoms with van der Waals surface area (Å²) < 4.78 is 1.86. The number of fused-ring (bicyclic) bond motifs is 1. The first-order chi connectivity index (χ1) is 8.75. The third-order valence-corrected chi connectivity index (χ3v) is 3.48. The zero-order valence-electron chi connectivity index (χ0n) is 10.5. The minimum atomic E-state index is 0.0953. The molecular weight excluding hydrogens is 224 g/mol. The summed E-state index contributed by atoms with van der Waals surface area (Å²) in [6.45, 7) is 1.84. The van der Waals surface area contributed by atoms with Crippen LogP contribution in [0.1, 0.15) is 6.42 Å². The van der Waals surface area contributed by atoms with Gasteiger partial charge in [0.1, 0.15) is 5.82 Å². The molecule has 0 saturated heterocycles. The van der Waals surface area contributed by atoms with Crippen LogP contribution in [0, 0.1) is 0 Å². The van der Waals surface area contributed by atoms with Crippen molar-refractivity contribution in [3.63, 3.8) is 0 Å². The molecular formula is C15H16N2O. The molecule has 92 valence electrons. The van der Waals surface area contributed by atoms with Crippen LogP contribution in [-0.2, 0) is 6.54 Å².